The third kappa shape index (κ3) is 3.77. The van der Waals surface area contributed by atoms with Gasteiger partial charge >= 0.3 is 0 Å². The fraction of sp³-hybridized carbons (Fsp3) is 0.300. The van der Waals surface area contributed by atoms with Gasteiger partial charge in [0.25, 0.3) is 15.9 Å². The molecule has 2 aromatic rings. The number of fused-ring (bicyclic) bond motifs is 1. The van der Waals surface area contributed by atoms with Gasteiger partial charge in [-0.1, -0.05) is 25.1 Å². The van der Waals surface area contributed by atoms with Crippen LogP contribution in [-0.2, 0) is 14.8 Å². The summed E-state index contributed by atoms with van der Waals surface area (Å²) >= 11 is 0. The summed E-state index contributed by atoms with van der Waals surface area (Å²) in [5.41, 5.74) is 0.852. The molecule has 1 atom stereocenters. The first-order valence-electron chi connectivity index (χ1n) is 9.00. The molecule has 0 saturated carbocycles. The maximum Gasteiger partial charge on any atom is 0.269 e. The molecule has 0 radical (unpaired) electrons. The van der Waals surface area contributed by atoms with Crippen molar-refractivity contribution >= 4 is 21.8 Å². The highest BCUT2D eigenvalue weighted by atomic mass is 32.2. The fourth-order valence-electron chi connectivity index (χ4n) is 3.25. The van der Waals surface area contributed by atoms with Gasteiger partial charge in [0.05, 0.1) is 25.8 Å². The summed E-state index contributed by atoms with van der Waals surface area (Å²) in [5.74, 6) is -0.194. The van der Waals surface area contributed by atoms with Crippen molar-refractivity contribution in [1.82, 2.24) is 9.62 Å². The molecule has 0 aromatic heterocycles. The molecular formula is C20H22N2O6S. The molecule has 1 aliphatic heterocycles. The summed E-state index contributed by atoms with van der Waals surface area (Å²) < 4.78 is 36.3. The molecule has 0 fully saturated rings. The normalized spacial score (nSPS) is 15.6. The van der Waals surface area contributed by atoms with Crippen LogP contribution in [0.25, 0.3) is 0 Å². The van der Waals surface area contributed by atoms with Gasteiger partial charge in [-0.15, -0.1) is 0 Å². The minimum Gasteiger partial charge on any atom is -0.493 e. The van der Waals surface area contributed by atoms with Crippen LogP contribution in [0.3, 0.4) is 0 Å². The Kier molecular flexibility index (Phi) is 5.78. The van der Waals surface area contributed by atoms with Crippen molar-refractivity contribution in [2.75, 3.05) is 20.8 Å². The Morgan fingerprint density at radius 2 is 1.79 bits per heavy atom. The van der Waals surface area contributed by atoms with Crippen LogP contribution in [0.1, 0.15) is 35.3 Å². The third-order valence-electron chi connectivity index (χ3n) is 4.75. The molecule has 2 amide bonds. The van der Waals surface area contributed by atoms with Crippen LogP contribution < -0.4 is 14.8 Å². The summed E-state index contributed by atoms with van der Waals surface area (Å²) in [6, 6.07) is 10.8. The molecule has 0 unspecified atom stereocenters. The molecular weight excluding hydrogens is 396 g/mol. The Morgan fingerprint density at radius 1 is 1.10 bits per heavy atom. The Balaban J connectivity index is 1.77. The number of amides is 2. The number of benzene rings is 2. The van der Waals surface area contributed by atoms with E-state index in [9.17, 15) is 18.0 Å². The second kappa shape index (κ2) is 8.12. The first kappa shape index (κ1) is 20.7. The Hall–Kier alpha value is -3.07. The van der Waals surface area contributed by atoms with Crippen LogP contribution in [0.5, 0.6) is 11.5 Å². The van der Waals surface area contributed by atoms with E-state index in [2.05, 4.69) is 5.32 Å². The van der Waals surface area contributed by atoms with Crippen LogP contribution in [0, 0.1) is 0 Å². The standard InChI is InChI=1S/C20H22N2O6S/c1-4-15(13-9-10-16(27-2)17(11-13)28-3)21-19(23)12-22-20(24)14-7-5-6-8-18(14)29(22,25)26/h5-11,15H,4,12H2,1-3H3,(H,21,23)/t15-/m1/s1. The number of ether oxygens (including phenoxy) is 2. The van der Waals surface area contributed by atoms with E-state index in [0.717, 1.165) is 5.56 Å². The van der Waals surface area contributed by atoms with Crippen molar-refractivity contribution in [1.29, 1.82) is 0 Å². The molecule has 154 valence electrons. The lowest BCUT2D eigenvalue weighted by Gasteiger charge is -2.21. The minimum atomic E-state index is -4.03. The van der Waals surface area contributed by atoms with Crippen LogP contribution in [-0.4, -0.2) is 45.3 Å². The zero-order valence-corrected chi connectivity index (χ0v) is 17.2. The summed E-state index contributed by atoms with van der Waals surface area (Å²) in [5, 5.41) is 2.79. The number of hydrogen-bond acceptors (Lipinski definition) is 6. The molecule has 0 aliphatic carbocycles. The number of carbonyl (C=O) groups is 2. The van der Waals surface area contributed by atoms with Crippen molar-refractivity contribution in [3.05, 3.63) is 53.6 Å². The van der Waals surface area contributed by atoms with E-state index in [1.807, 2.05) is 6.92 Å². The number of nitrogens with zero attached hydrogens (tertiary/aromatic N) is 1. The number of hydrogen-bond donors (Lipinski definition) is 1. The number of sulfonamides is 1. The predicted molar refractivity (Wildman–Crippen MR) is 105 cm³/mol. The molecule has 29 heavy (non-hydrogen) atoms. The quantitative estimate of drug-likeness (QED) is 0.739. The second-order valence-electron chi connectivity index (χ2n) is 6.46. The first-order chi connectivity index (χ1) is 13.8. The molecule has 0 spiro atoms. The number of methoxy groups -OCH3 is 2. The molecule has 1 aliphatic rings. The predicted octanol–water partition coefficient (Wildman–Crippen LogP) is 2.12. The van der Waals surface area contributed by atoms with E-state index in [1.165, 1.54) is 32.4 Å². The number of carbonyl (C=O) groups excluding carboxylic acids is 2. The van der Waals surface area contributed by atoms with Gasteiger partial charge in [-0.05, 0) is 36.2 Å². The van der Waals surface area contributed by atoms with Gasteiger partial charge in [0, 0.05) is 0 Å². The first-order valence-corrected chi connectivity index (χ1v) is 10.4. The molecule has 9 heteroatoms. The van der Waals surface area contributed by atoms with E-state index in [0.29, 0.717) is 22.2 Å². The summed E-state index contributed by atoms with van der Waals surface area (Å²) in [6.07, 6.45) is 0.558. The van der Waals surface area contributed by atoms with Crippen molar-refractivity contribution < 1.29 is 27.5 Å². The molecule has 8 nitrogen and oxygen atoms in total. The summed E-state index contributed by atoms with van der Waals surface area (Å²) in [7, 11) is -0.985. The maximum atomic E-state index is 12.6. The van der Waals surface area contributed by atoms with E-state index in [1.54, 1.807) is 24.3 Å². The average molecular weight is 418 g/mol. The van der Waals surface area contributed by atoms with Crippen molar-refractivity contribution in [3.8, 4) is 11.5 Å². The van der Waals surface area contributed by atoms with Gasteiger partial charge in [-0.25, -0.2) is 12.7 Å². The minimum absolute atomic E-state index is 0.0761. The molecule has 0 saturated heterocycles. The SMILES string of the molecule is CC[C@@H](NC(=O)CN1C(=O)c2ccccc2S1(=O)=O)c1ccc(OC)c(OC)c1. The topological polar surface area (TPSA) is 102 Å². The van der Waals surface area contributed by atoms with Gasteiger partial charge in [0.15, 0.2) is 11.5 Å². The zero-order chi connectivity index (χ0) is 21.2. The van der Waals surface area contributed by atoms with Gasteiger partial charge < -0.3 is 14.8 Å². The van der Waals surface area contributed by atoms with Crippen LogP contribution in [0.4, 0.5) is 0 Å². The van der Waals surface area contributed by atoms with E-state index in [-0.39, 0.29) is 16.5 Å². The number of nitrogens with one attached hydrogen (secondary N) is 1. The average Bonchev–Trinajstić information content (AvgIpc) is 2.92. The van der Waals surface area contributed by atoms with Crippen molar-refractivity contribution in [2.45, 2.75) is 24.3 Å². The Bertz CT molecular complexity index is 1050. The Morgan fingerprint density at radius 3 is 2.41 bits per heavy atom. The monoisotopic (exact) mass is 418 g/mol. The van der Waals surface area contributed by atoms with Crippen LogP contribution in [0.15, 0.2) is 47.4 Å². The molecule has 1 N–H and O–H groups in total. The van der Waals surface area contributed by atoms with E-state index < -0.39 is 28.4 Å². The lowest BCUT2D eigenvalue weighted by Crippen LogP contribution is -2.41. The Labute approximate surface area is 169 Å². The lowest BCUT2D eigenvalue weighted by molar-refractivity contribution is -0.121. The van der Waals surface area contributed by atoms with Crippen molar-refractivity contribution in [3.63, 3.8) is 0 Å². The lowest BCUT2D eigenvalue weighted by atomic mass is 10.0. The summed E-state index contributed by atoms with van der Waals surface area (Å²) in [6.45, 7) is 1.30. The molecule has 2 aromatic carbocycles. The van der Waals surface area contributed by atoms with Crippen LogP contribution in [0.2, 0.25) is 0 Å². The molecule has 0 bridgehead atoms. The van der Waals surface area contributed by atoms with Gasteiger partial charge in [0.2, 0.25) is 5.91 Å². The number of rotatable bonds is 7. The third-order valence-corrected chi connectivity index (χ3v) is 6.54. The van der Waals surface area contributed by atoms with Gasteiger partial charge in [-0.3, -0.25) is 9.59 Å². The van der Waals surface area contributed by atoms with Crippen LogP contribution >= 0.6 is 0 Å². The second-order valence-corrected chi connectivity index (χ2v) is 8.29. The highest BCUT2D eigenvalue weighted by Crippen LogP contribution is 2.32. The highest BCUT2D eigenvalue weighted by molar-refractivity contribution is 7.90. The molecule has 1 heterocycles. The smallest absolute Gasteiger partial charge is 0.269 e. The van der Waals surface area contributed by atoms with Gasteiger partial charge in [-0.2, -0.15) is 0 Å². The highest BCUT2D eigenvalue weighted by Gasteiger charge is 2.41. The molecule has 3 rings (SSSR count). The van der Waals surface area contributed by atoms with E-state index in [4.69, 9.17) is 9.47 Å². The zero-order valence-electron chi connectivity index (χ0n) is 16.3. The van der Waals surface area contributed by atoms with E-state index >= 15 is 0 Å². The summed E-state index contributed by atoms with van der Waals surface area (Å²) in [4.78, 5) is 25.0. The fourth-order valence-corrected chi connectivity index (χ4v) is 4.77. The largest absolute Gasteiger partial charge is 0.493 e. The maximum absolute atomic E-state index is 12.6. The van der Waals surface area contributed by atoms with Crippen molar-refractivity contribution in [2.24, 2.45) is 0 Å². The van der Waals surface area contributed by atoms with Gasteiger partial charge in [0.1, 0.15) is 11.4 Å².